The summed E-state index contributed by atoms with van der Waals surface area (Å²) in [7, 11) is 0. The molecule has 17 heavy (non-hydrogen) atoms. The Morgan fingerprint density at radius 1 is 1.47 bits per heavy atom. The van der Waals surface area contributed by atoms with Crippen LogP contribution in [0, 0.1) is 5.92 Å². The molecule has 1 atom stereocenters. The van der Waals surface area contributed by atoms with Crippen LogP contribution in [-0.2, 0) is 11.2 Å². The highest BCUT2D eigenvalue weighted by atomic mass is 79.9. The van der Waals surface area contributed by atoms with E-state index in [4.69, 9.17) is 18.0 Å². The molecular weight excluding hydrogens is 300 g/mol. The molecule has 0 spiro atoms. The van der Waals surface area contributed by atoms with Crippen molar-refractivity contribution in [2.75, 3.05) is 6.54 Å². The highest BCUT2D eigenvalue weighted by Crippen LogP contribution is 2.10. The summed E-state index contributed by atoms with van der Waals surface area (Å²) >= 11 is 8.18. The van der Waals surface area contributed by atoms with Crippen LogP contribution < -0.4 is 11.1 Å². The maximum Gasteiger partial charge on any atom is 0.224 e. The molecule has 1 amide bonds. The van der Waals surface area contributed by atoms with Gasteiger partial charge in [-0.05, 0) is 17.7 Å². The Labute approximate surface area is 115 Å². The highest BCUT2D eigenvalue weighted by molar-refractivity contribution is 9.10. The minimum absolute atomic E-state index is 0.0181. The van der Waals surface area contributed by atoms with Gasteiger partial charge in [0.25, 0.3) is 0 Å². The predicted octanol–water partition coefficient (Wildman–Crippen LogP) is 2.03. The molecule has 92 valence electrons. The maximum atomic E-state index is 11.6. The lowest BCUT2D eigenvalue weighted by molar-refractivity contribution is -0.120. The van der Waals surface area contributed by atoms with E-state index in [1.54, 1.807) is 0 Å². The molecule has 0 bridgehead atoms. The van der Waals surface area contributed by atoms with Gasteiger partial charge in [-0.3, -0.25) is 4.79 Å². The lowest BCUT2D eigenvalue weighted by Crippen LogP contribution is -2.34. The van der Waals surface area contributed by atoms with Gasteiger partial charge in [-0.2, -0.15) is 0 Å². The number of amides is 1. The molecule has 0 saturated carbocycles. The van der Waals surface area contributed by atoms with Crippen molar-refractivity contribution in [1.29, 1.82) is 0 Å². The van der Waals surface area contributed by atoms with Gasteiger partial charge in [0, 0.05) is 16.9 Å². The number of carbonyl (C=O) groups is 1. The molecule has 3 nitrogen and oxygen atoms in total. The zero-order valence-corrected chi connectivity index (χ0v) is 12.0. The minimum Gasteiger partial charge on any atom is -0.393 e. The van der Waals surface area contributed by atoms with Crippen LogP contribution in [0.15, 0.2) is 28.7 Å². The fourth-order valence-corrected chi connectivity index (χ4v) is 1.57. The van der Waals surface area contributed by atoms with Gasteiger partial charge in [-0.1, -0.05) is 47.2 Å². The molecule has 1 unspecified atom stereocenters. The van der Waals surface area contributed by atoms with E-state index in [2.05, 4.69) is 21.2 Å². The van der Waals surface area contributed by atoms with Crippen molar-refractivity contribution in [1.82, 2.24) is 5.32 Å². The Morgan fingerprint density at radius 2 is 2.06 bits per heavy atom. The number of nitrogens with one attached hydrogen (secondary N) is 1. The number of rotatable bonds is 5. The third-order valence-corrected chi connectivity index (χ3v) is 3.30. The monoisotopic (exact) mass is 314 g/mol. The van der Waals surface area contributed by atoms with E-state index in [1.165, 1.54) is 0 Å². The Bertz CT molecular complexity index is 405. The van der Waals surface area contributed by atoms with Gasteiger partial charge in [-0.15, -0.1) is 0 Å². The van der Waals surface area contributed by atoms with Gasteiger partial charge in [0.2, 0.25) is 5.91 Å². The topological polar surface area (TPSA) is 55.1 Å². The zero-order valence-electron chi connectivity index (χ0n) is 9.57. The van der Waals surface area contributed by atoms with Crippen molar-refractivity contribution in [3.8, 4) is 0 Å². The molecule has 0 aliphatic heterocycles. The van der Waals surface area contributed by atoms with Crippen LogP contribution in [-0.4, -0.2) is 17.4 Å². The first-order valence-corrected chi connectivity index (χ1v) is 6.49. The normalized spacial score (nSPS) is 11.9. The Morgan fingerprint density at radius 3 is 2.59 bits per heavy atom. The first-order chi connectivity index (χ1) is 7.99. The molecule has 0 aliphatic rings. The number of hydrogen-bond acceptors (Lipinski definition) is 2. The summed E-state index contributed by atoms with van der Waals surface area (Å²) in [5, 5.41) is 2.81. The average molecular weight is 315 g/mol. The van der Waals surface area contributed by atoms with E-state index in [1.807, 2.05) is 31.2 Å². The Balaban J connectivity index is 2.39. The standard InChI is InChI=1S/C12H15BrN2OS/c1-8(12(14)17)7-15-11(16)6-9-2-4-10(13)5-3-9/h2-5,8H,6-7H2,1H3,(H2,14,17)(H,15,16). The summed E-state index contributed by atoms with van der Waals surface area (Å²) in [5.74, 6) is 0.00860. The maximum absolute atomic E-state index is 11.6. The molecule has 0 fully saturated rings. The van der Waals surface area contributed by atoms with E-state index in [9.17, 15) is 4.79 Å². The van der Waals surface area contributed by atoms with Gasteiger partial charge in [0.15, 0.2) is 0 Å². The summed E-state index contributed by atoms with van der Waals surface area (Å²) in [5.41, 5.74) is 6.45. The van der Waals surface area contributed by atoms with Gasteiger partial charge in [0.05, 0.1) is 11.4 Å². The van der Waals surface area contributed by atoms with Crippen LogP contribution in [0.3, 0.4) is 0 Å². The summed E-state index contributed by atoms with van der Waals surface area (Å²) in [6, 6.07) is 7.67. The van der Waals surface area contributed by atoms with Crippen molar-refractivity contribution in [2.24, 2.45) is 11.7 Å². The van der Waals surface area contributed by atoms with Gasteiger partial charge in [-0.25, -0.2) is 0 Å². The fraction of sp³-hybridized carbons (Fsp3) is 0.333. The first-order valence-electron chi connectivity index (χ1n) is 5.29. The smallest absolute Gasteiger partial charge is 0.224 e. The number of benzene rings is 1. The van der Waals surface area contributed by atoms with Crippen LogP contribution in [0.4, 0.5) is 0 Å². The minimum atomic E-state index is -0.0181. The van der Waals surface area contributed by atoms with Crippen molar-refractivity contribution in [3.05, 3.63) is 34.3 Å². The van der Waals surface area contributed by atoms with E-state index in [0.29, 0.717) is 18.0 Å². The lowest BCUT2D eigenvalue weighted by Gasteiger charge is -2.10. The van der Waals surface area contributed by atoms with Gasteiger partial charge < -0.3 is 11.1 Å². The Kier molecular flexibility index (Phi) is 5.58. The predicted molar refractivity (Wildman–Crippen MR) is 76.8 cm³/mol. The van der Waals surface area contributed by atoms with Gasteiger partial charge in [0.1, 0.15) is 0 Å². The third-order valence-electron chi connectivity index (χ3n) is 2.37. The molecule has 0 heterocycles. The second-order valence-corrected chi connectivity index (χ2v) is 5.30. The number of carbonyl (C=O) groups excluding carboxylic acids is 1. The quantitative estimate of drug-likeness (QED) is 0.818. The van der Waals surface area contributed by atoms with Crippen molar-refractivity contribution < 1.29 is 4.79 Å². The largest absolute Gasteiger partial charge is 0.393 e. The SMILES string of the molecule is CC(CNC(=O)Cc1ccc(Br)cc1)C(N)=S. The Hall–Kier alpha value is -0.940. The van der Waals surface area contributed by atoms with Crippen LogP contribution in [0.5, 0.6) is 0 Å². The van der Waals surface area contributed by atoms with Crippen molar-refractivity contribution >= 4 is 39.0 Å². The summed E-state index contributed by atoms with van der Waals surface area (Å²) in [4.78, 5) is 12.0. The number of nitrogens with two attached hydrogens (primary N) is 1. The molecule has 0 radical (unpaired) electrons. The average Bonchev–Trinajstić information content (AvgIpc) is 2.29. The van der Waals surface area contributed by atoms with E-state index in [-0.39, 0.29) is 11.8 Å². The molecule has 0 aromatic heterocycles. The first kappa shape index (κ1) is 14.1. The lowest BCUT2D eigenvalue weighted by atomic mass is 10.1. The summed E-state index contributed by atoms with van der Waals surface area (Å²) in [6.07, 6.45) is 0.372. The zero-order chi connectivity index (χ0) is 12.8. The van der Waals surface area contributed by atoms with E-state index >= 15 is 0 Å². The fourth-order valence-electron chi connectivity index (χ4n) is 1.22. The van der Waals surface area contributed by atoms with Crippen LogP contribution in [0.2, 0.25) is 0 Å². The van der Waals surface area contributed by atoms with Gasteiger partial charge >= 0.3 is 0 Å². The molecule has 5 heteroatoms. The number of halogens is 1. The number of hydrogen-bond donors (Lipinski definition) is 2. The second-order valence-electron chi connectivity index (χ2n) is 3.91. The molecular formula is C12H15BrN2OS. The second kappa shape index (κ2) is 6.71. The molecule has 0 aliphatic carbocycles. The molecule has 0 saturated heterocycles. The molecule has 1 rings (SSSR count). The summed E-state index contributed by atoms with van der Waals surface area (Å²) in [6.45, 7) is 2.38. The van der Waals surface area contributed by atoms with Crippen molar-refractivity contribution in [3.63, 3.8) is 0 Å². The van der Waals surface area contributed by atoms with E-state index < -0.39 is 0 Å². The highest BCUT2D eigenvalue weighted by Gasteiger charge is 2.08. The number of thiocarbonyl (C=S) groups is 1. The summed E-state index contributed by atoms with van der Waals surface area (Å²) < 4.78 is 1.00. The van der Waals surface area contributed by atoms with Crippen LogP contribution in [0.1, 0.15) is 12.5 Å². The van der Waals surface area contributed by atoms with E-state index in [0.717, 1.165) is 10.0 Å². The molecule has 1 aromatic rings. The molecule has 3 N–H and O–H groups in total. The van der Waals surface area contributed by atoms with Crippen molar-refractivity contribution in [2.45, 2.75) is 13.3 Å². The third kappa shape index (κ3) is 5.28. The molecule has 1 aromatic carbocycles. The van der Waals surface area contributed by atoms with Crippen LogP contribution in [0.25, 0.3) is 0 Å². The van der Waals surface area contributed by atoms with Crippen LogP contribution >= 0.6 is 28.1 Å².